The van der Waals surface area contributed by atoms with Crippen molar-refractivity contribution in [3.05, 3.63) is 24.0 Å². The molecule has 0 unspecified atom stereocenters. The number of phenols is 1. The number of aromatic hydroxyl groups is 1. The van der Waals surface area contributed by atoms with Gasteiger partial charge in [0.2, 0.25) is 11.9 Å². The molecule has 0 aliphatic rings. The predicted molar refractivity (Wildman–Crippen MR) is 99.4 cm³/mol. The molecule has 1 amide bonds. The summed E-state index contributed by atoms with van der Waals surface area (Å²) >= 11 is 0. The van der Waals surface area contributed by atoms with Gasteiger partial charge in [-0.25, -0.2) is 12.8 Å². The molecule has 148 valence electrons. The number of nitrogens with zero attached hydrogens (tertiary/aromatic N) is 2. The Hall–Kier alpha value is -2.49. The van der Waals surface area contributed by atoms with Crippen LogP contribution in [0.3, 0.4) is 0 Å². The van der Waals surface area contributed by atoms with E-state index in [1.54, 1.807) is 0 Å². The minimum atomic E-state index is -3.70. The van der Waals surface area contributed by atoms with E-state index in [2.05, 4.69) is 20.5 Å². The first-order valence-electron chi connectivity index (χ1n) is 8.39. The van der Waals surface area contributed by atoms with Gasteiger partial charge in [-0.2, -0.15) is 4.98 Å². The van der Waals surface area contributed by atoms with Gasteiger partial charge in [-0.3, -0.25) is 15.2 Å². The van der Waals surface area contributed by atoms with E-state index in [9.17, 15) is 22.7 Å². The highest BCUT2D eigenvalue weighted by atomic mass is 32.2. The first-order chi connectivity index (χ1) is 12.4. The number of nitrogens with one attached hydrogen (secondary N) is 2. The zero-order valence-electron chi connectivity index (χ0n) is 15.6. The molecular formula is C17H23FN4O4S. The lowest BCUT2D eigenvalue weighted by atomic mass is 10.2. The number of rotatable bonds is 7. The Labute approximate surface area is 157 Å². The van der Waals surface area contributed by atoms with Crippen LogP contribution in [0.2, 0.25) is 0 Å². The van der Waals surface area contributed by atoms with Crippen molar-refractivity contribution >= 4 is 21.7 Å². The molecule has 0 spiro atoms. The fraction of sp³-hybridized carbons (Fsp3) is 0.471. The van der Waals surface area contributed by atoms with E-state index in [1.807, 2.05) is 13.8 Å². The summed E-state index contributed by atoms with van der Waals surface area (Å²) < 4.78 is 37.2. The summed E-state index contributed by atoms with van der Waals surface area (Å²) in [6, 6.07) is 3.50. The third-order valence-corrected chi connectivity index (χ3v) is 6.72. The standard InChI is InChI=1S/C17H23FN4O4S/c1-10(2)7-8-27(25,26)17(3,4)15(24)20-16-19-14(21-22-16)12-6-5-11(23)9-13(12)18/h5-6,9-10,23H,7-8H2,1-4H3,(H2,19,20,21,22,24). The van der Waals surface area contributed by atoms with E-state index < -0.39 is 26.3 Å². The third kappa shape index (κ3) is 4.62. The quantitative estimate of drug-likeness (QED) is 0.658. The Morgan fingerprint density at radius 1 is 1.37 bits per heavy atom. The number of aromatic amines is 1. The van der Waals surface area contributed by atoms with Crippen LogP contribution >= 0.6 is 0 Å². The summed E-state index contributed by atoms with van der Waals surface area (Å²) in [7, 11) is -3.70. The Kier molecular flexibility index (Phi) is 5.88. The normalized spacial score (nSPS) is 12.4. The average molecular weight is 398 g/mol. The molecule has 0 saturated carbocycles. The third-order valence-electron chi connectivity index (χ3n) is 4.21. The van der Waals surface area contributed by atoms with Gasteiger partial charge in [0.05, 0.1) is 11.3 Å². The molecule has 2 aromatic rings. The Morgan fingerprint density at radius 3 is 2.63 bits per heavy atom. The zero-order valence-corrected chi connectivity index (χ0v) is 16.4. The summed E-state index contributed by atoms with van der Waals surface area (Å²) in [5.41, 5.74) is 0.0459. The zero-order chi connectivity index (χ0) is 20.4. The molecule has 0 bridgehead atoms. The first kappa shape index (κ1) is 20.8. The van der Waals surface area contributed by atoms with E-state index >= 15 is 0 Å². The second-order valence-corrected chi connectivity index (χ2v) is 9.80. The number of hydrogen-bond donors (Lipinski definition) is 3. The molecule has 3 N–H and O–H groups in total. The molecule has 8 nitrogen and oxygen atoms in total. The van der Waals surface area contributed by atoms with Crippen molar-refractivity contribution in [1.29, 1.82) is 0 Å². The number of phenolic OH excluding ortho intramolecular Hbond substituents is 1. The van der Waals surface area contributed by atoms with Crippen molar-refractivity contribution in [2.24, 2.45) is 5.92 Å². The van der Waals surface area contributed by atoms with Gasteiger partial charge in [0.15, 0.2) is 15.7 Å². The lowest BCUT2D eigenvalue weighted by Crippen LogP contribution is -2.46. The fourth-order valence-corrected chi connectivity index (χ4v) is 3.80. The Morgan fingerprint density at radius 2 is 2.04 bits per heavy atom. The van der Waals surface area contributed by atoms with E-state index in [4.69, 9.17) is 0 Å². The maximum atomic E-state index is 13.9. The van der Waals surface area contributed by atoms with Crippen molar-refractivity contribution in [2.45, 2.75) is 38.9 Å². The van der Waals surface area contributed by atoms with Crippen LogP contribution in [0.1, 0.15) is 34.1 Å². The van der Waals surface area contributed by atoms with Gasteiger partial charge < -0.3 is 5.11 Å². The van der Waals surface area contributed by atoms with Crippen LogP contribution in [0.5, 0.6) is 5.75 Å². The smallest absolute Gasteiger partial charge is 0.249 e. The lowest BCUT2D eigenvalue weighted by molar-refractivity contribution is -0.117. The topological polar surface area (TPSA) is 125 Å². The number of halogens is 1. The summed E-state index contributed by atoms with van der Waals surface area (Å²) in [6.45, 7) is 6.46. The van der Waals surface area contributed by atoms with Crippen molar-refractivity contribution in [3.63, 3.8) is 0 Å². The molecule has 1 heterocycles. The molecule has 0 aliphatic carbocycles. The second kappa shape index (κ2) is 7.63. The first-order valence-corrected chi connectivity index (χ1v) is 10.0. The van der Waals surface area contributed by atoms with Crippen LogP contribution in [0.4, 0.5) is 10.3 Å². The summed E-state index contributed by atoms with van der Waals surface area (Å²) in [5, 5.41) is 17.9. The van der Waals surface area contributed by atoms with Crippen LogP contribution < -0.4 is 5.32 Å². The Balaban J connectivity index is 2.17. The highest BCUT2D eigenvalue weighted by Gasteiger charge is 2.41. The van der Waals surface area contributed by atoms with Crippen molar-refractivity contribution in [3.8, 4) is 17.1 Å². The molecule has 0 radical (unpaired) electrons. The molecule has 27 heavy (non-hydrogen) atoms. The van der Waals surface area contributed by atoms with Gasteiger partial charge in [0.1, 0.15) is 16.3 Å². The minimum absolute atomic E-state index is 0.0308. The monoisotopic (exact) mass is 398 g/mol. The highest BCUT2D eigenvalue weighted by molar-refractivity contribution is 7.93. The van der Waals surface area contributed by atoms with Crippen LogP contribution in [-0.4, -0.2) is 45.1 Å². The summed E-state index contributed by atoms with van der Waals surface area (Å²) in [6.07, 6.45) is 0.448. The van der Waals surface area contributed by atoms with E-state index in [0.717, 1.165) is 6.07 Å². The van der Waals surface area contributed by atoms with Gasteiger partial charge >= 0.3 is 0 Å². The number of carbonyl (C=O) groups is 1. The number of amides is 1. The van der Waals surface area contributed by atoms with Gasteiger partial charge in [-0.05, 0) is 38.3 Å². The van der Waals surface area contributed by atoms with Crippen LogP contribution in [0.25, 0.3) is 11.4 Å². The van der Waals surface area contributed by atoms with Gasteiger partial charge in [-0.1, -0.05) is 13.8 Å². The van der Waals surface area contributed by atoms with Crippen molar-refractivity contribution < 1.29 is 22.7 Å². The molecule has 0 atom stereocenters. The Bertz CT molecular complexity index is 938. The molecule has 1 aromatic carbocycles. The fourth-order valence-electron chi connectivity index (χ4n) is 2.17. The van der Waals surface area contributed by atoms with Gasteiger partial charge in [-0.15, -0.1) is 5.10 Å². The van der Waals surface area contributed by atoms with Crippen molar-refractivity contribution in [1.82, 2.24) is 15.2 Å². The molecule has 0 saturated heterocycles. The van der Waals surface area contributed by atoms with E-state index in [0.29, 0.717) is 6.42 Å². The molecule has 1 aromatic heterocycles. The number of hydrogen-bond acceptors (Lipinski definition) is 6. The number of carbonyl (C=O) groups excluding carboxylic acids is 1. The summed E-state index contributed by atoms with van der Waals surface area (Å²) in [4.78, 5) is 16.5. The molecule has 0 fully saturated rings. The molecular weight excluding hydrogens is 375 g/mol. The van der Waals surface area contributed by atoms with E-state index in [1.165, 1.54) is 26.0 Å². The molecule has 2 rings (SSSR count). The van der Waals surface area contributed by atoms with E-state index in [-0.39, 0.29) is 34.8 Å². The van der Waals surface area contributed by atoms with Crippen LogP contribution in [0.15, 0.2) is 18.2 Å². The van der Waals surface area contributed by atoms with Crippen LogP contribution in [0, 0.1) is 11.7 Å². The van der Waals surface area contributed by atoms with Crippen LogP contribution in [-0.2, 0) is 14.6 Å². The predicted octanol–water partition coefficient (Wildman–Crippen LogP) is 2.49. The number of H-pyrrole nitrogens is 1. The molecule has 0 aliphatic heterocycles. The lowest BCUT2D eigenvalue weighted by Gasteiger charge is -2.23. The number of benzene rings is 1. The number of aromatic nitrogens is 3. The highest BCUT2D eigenvalue weighted by Crippen LogP contribution is 2.25. The van der Waals surface area contributed by atoms with Gasteiger partial charge in [0.25, 0.3) is 0 Å². The minimum Gasteiger partial charge on any atom is -0.508 e. The largest absolute Gasteiger partial charge is 0.508 e. The number of sulfone groups is 1. The van der Waals surface area contributed by atoms with Gasteiger partial charge in [0, 0.05) is 6.07 Å². The molecule has 10 heteroatoms. The average Bonchev–Trinajstić information content (AvgIpc) is 3.01. The maximum Gasteiger partial charge on any atom is 0.249 e. The second-order valence-electron chi connectivity index (χ2n) is 7.14. The number of anilines is 1. The van der Waals surface area contributed by atoms with Crippen molar-refractivity contribution in [2.75, 3.05) is 11.1 Å². The summed E-state index contributed by atoms with van der Waals surface area (Å²) in [5.74, 6) is -1.79. The SMILES string of the molecule is CC(C)CCS(=O)(=O)C(C)(C)C(=O)Nc1n[nH]c(-c2ccc(O)cc2F)n1. The maximum absolute atomic E-state index is 13.9.